The van der Waals surface area contributed by atoms with Gasteiger partial charge in [0.2, 0.25) is 5.91 Å². The number of hydrogen-bond donors (Lipinski definition) is 2. The summed E-state index contributed by atoms with van der Waals surface area (Å²) in [5, 5.41) is 10.4. The molecule has 0 radical (unpaired) electrons. The normalized spacial score (nSPS) is 11.9. The molecule has 1 amide bonds. The molecule has 0 saturated carbocycles. The molecule has 0 saturated heterocycles. The van der Waals surface area contributed by atoms with Gasteiger partial charge in [-0.25, -0.2) is 0 Å². The summed E-state index contributed by atoms with van der Waals surface area (Å²) in [6, 6.07) is 15.1. The molecule has 3 rings (SSSR count). The van der Waals surface area contributed by atoms with Crippen LogP contribution >= 0.6 is 11.6 Å². The van der Waals surface area contributed by atoms with Crippen LogP contribution in [0.25, 0.3) is 11.1 Å². The van der Waals surface area contributed by atoms with Gasteiger partial charge < -0.3 is 5.32 Å². The summed E-state index contributed by atoms with van der Waals surface area (Å²) in [6.07, 6.45) is 4.32. The number of H-pyrrole nitrogens is 1. The number of nitrogens with zero attached hydrogens (tertiary/aromatic N) is 1. The molecule has 0 unspecified atom stereocenters. The van der Waals surface area contributed by atoms with E-state index >= 15 is 0 Å². The molecule has 2 N–H and O–H groups in total. The zero-order valence-electron chi connectivity index (χ0n) is 13.3. The van der Waals surface area contributed by atoms with Crippen molar-refractivity contribution in [3.8, 4) is 11.1 Å². The molecule has 3 aromatic rings. The predicted molar refractivity (Wildman–Crippen MR) is 97.1 cm³/mol. The minimum Gasteiger partial charge on any atom is -0.326 e. The number of rotatable bonds is 5. The molecule has 0 aliphatic carbocycles. The van der Waals surface area contributed by atoms with Crippen LogP contribution in [0.2, 0.25) is 5.02 Å². The van der Waals surface area contributed by atoms with E-state index < -0.39 is 0 Å². The number of benzene rings is 2. The first-order valence-electron chi connectivity index (χ1n) is 7.83. The first kappa shape index (κ1) is 16.3. The SMILES string of the molecule is CC[C@@H](C(=O)Nc1ccc(-c2cn[nH]c2)cc1)c1ccc(Cl)cc1. The molecule has 1 heterocycles. The van der Waals surface area contributed by atoms with Crippen molar-refractivity contribution < 1.29 is 4.79 Å². The third kappa shape index (κ3) is 3.66. The number of aromatic amines is 1. The summed E-state index contributed by atoms with van der Waals surface area (Å²) in [5.41, 5.74) is 3.81. The summed E-state index contributed by atoms with van der Waals surface area (Å²) in [6.45, 7) is 2.00. The van der Waals surface area contributed by atoms with Crippen molar-refractivity contribution in [3.05, 3.63) is 71.5 Å². The number of carbonyl (C=O) groups is 1. The fraction of sp³-hybridized carbons (Fsp3) is 0.158. The van der Waals surface area contributed by atoms with Gasteiger partial charge in [0.25, 0.3) is 0 Å². The minimum atomic E-state index is -0.198. The monoisotopic (exact) mass is 339 g/mol. The van der Waals surface area contributed by atoms with E-state index in [2.05, 4.69) is 15.5 Å². The molecule has 0 aliphatic rings. The van der Waals surface area contributed by atoms with E-state index in [1.54, 1.807) is 6.20 Å². The second-order valence-electron chi connectivity index (χ2n) is 5.57. The number of anilines is 1. The zero-order chi connectivity index (χ0) is 16.9. The smallest absolute Gasteiger partial charge is 0.231 e. The summed E-state index contributed by atoms with van der Waals surface area (Å²) in [5.74, 6) is -0.216. The number of aromatic nitrogens is 2. The highest BCUT2D eigenvalue weighted by Crippen LogP contribution is 2.25. The van der Waals surface area contributed by atoms with E-state index in [-0.39, 0.29) is 11.8 Å². The molecule has 24 heavy (non-hydrogen) atoms. The lowest BCUT2D eigenvalue weighted by molar-refractivity contribution is -0.117. The number of carbonyl (C=O) groups excluding carboxylic acids is 1. The zero-order valence-corrected chi connectivity index (χ0v) is 14.0. The molecular formula is C19H18ClN3O. The summed E-state index contributed by atoms with van der Waals surface area (Å²) in [4.78, 5) is 12.6. The minimum absolute atomic E-state index is 0.0177. The van der Waals surface area contributed by atoms with E-state index in [1.165, 1.54) is 0 Å². The molecular weight excluding hydrogens is 322 g/mol. The van der Waals surface area contributed by atoms with Gasteiger partial charge in [-0.2, -0.15) is 5.10 Å². The van der Waals surface area contributed by atoms with Crippen molar-refractivity contribution in [2.75, 3.05) is 5.32 Å². The van der Waals surface area contributed by atoms with Gasteiger partial charge in [0.15, 0.2) is 0 Å². The van der Waals surface area contributed by atoms with Crippen LogP contribution in [0.4, 0.5) is 5.69 Å². The molecule has 1 aromatic heterocycles. The molecule has 4 nitrogen and oxygen atoms in total. The van der Waals surface area contributed by atoms with Gasteiger partial charge in [-0.3, -0.25) is 9.89 Å². The highest BCUT2D eigenvalue weighted by Gasteiger charge is 2.18. The third-order valence-electron chi connectivity index (χ3n) is 3.98. The molecule has 1 atom stereocenters. The van der Waals surface area contributed by atoms with Crippen molar-refractivity contribution in [2.24, 2.45) is 0 Å². The first-order chi connectivity index (χ1) is 11.7. The average Bonchev–Trinajstić information content (AvgIpc) is 3.12. The molecule has 0 fully saturated rings. The summed E-state index contributed by atoms with van der Waals surface area (Å²) < 4.78 is 0. The van der Waals surface area contributed by atoms with Crippen molar-refractivity contribution in [2.45, 2.75) is 19.3 Å². The van der Waals surface area contributed by atoms with Crippen molar-refractivity contribution >= 4 is 23.2 Å². The molecule has 122 valence electrons. The largest absolute Gasteiger partial charge is 0.326 e. The fourth-order valence-corrected chi connectivity index (χ4v) is 2.78. The third-order valence-corrected chi connectivity index (χ3v) is 4.23. The predicted octanol–water partition coefficient (Wildman–Crippen LogP) is 4.86. The number of nitrogens with one attached hydrogen (secondary N) is 2. The van der Waals surface area contributed by atoms with E-state index in [0.29, 0.717) is 5.02 Å². The Hall–Kier alpha value is -2.59. The van der Waals surface area contributed by atoms with Gasteiger partial charge in [0, 0.05) is 22.5 Å². The van der Waals surface area contributed by atoms with Gasteiger partial charge in [-0.15, -0.1) is 0 Å². The highest BCUT2D eigenvalue weighted by atomic mass is 35.5. The second kappa shape index (κ2) is 7.32. The second-order valence-corrected chi connectivity index (χ2v) is 6.00. The molecule has 2 aromatic carbocycles. The molecule has 5 heteroatoms. The molecule has 0 bridgehead atoms. The Balaban J connectivity index is 1.72. The van der Waals surface area contributed by atoms with Crippen LogP contribution in [0.15, 0.2) is 60.9 Å². The van der Waals surface area contributed by atoms with Crippen LogP contribution in [0.1, 0.15) is 24.8 Å². The Morgan fingerprint density at radius 2 is 1.83 bits per heavy atom. The van der Waals surface area contributed by atoms with Crippen LogP contribution in [-0.2, 0) is 4.79 Å². The summed E-state index contributed by atoms with van der Waals surface area (Å²) >= 11 is 5.92. The summed E-state index contributed by atoms with van der Waals surface area (Å²) in [7, 11) is 0. The lowest BCUT2D eigenvalue weighted by Crippen LogP contribution is -2.20. The van der Waals surface area contributed by atoms with Gasteiger partial charge >= 0.3 is 0 Å². The van der Waals surface area contributed by atoms with Crippen LogP contribution in [0.3, 0.4) is 0 Å². The van der Waals surface area contributed by atoms with Crippen molar-refractivity contribution in [1.29, 1.82) is 0 Å². The Labute approximate surface area is 145 Å². The maximum absolute atomic E-state index is 12.6. The lowest BCUT2D eigenvalue weighted by Gasteiger charge is -2.15. The topological polar surface area (TPSA) is 57.8 Å². The van der Waals surface area contributed by atoms with Gasteiger partial charge in [0.1, 0.15) is 0 Å². The van der Waals surface area contributed by atoms with E-state index in [4.69, 9.17) is 11.6 Å². The van der Waals surface area contributed by atoms with Crippen LogP contribution in [0, 0.1) is 0 Å². The van der Waals surface area contributed by atoms with Crippen molar-refractivity contribution in [3.63, 3.8) is 0 Å². The molecule has 0 aliphatic heterocycles. The van der Waals surface area contributed by atoms with Crippen LogP contribution in [0.5, 0.6) is 0 Å². The van der Waals surface area contributed by atoms with E-state index in [1.807, 2.05) is 61.7 Å². The van der Waals surface area contributed by atoms with Gasteiger partial charge in [0.05, 0.1) is 12.1 Å². The maximum Gasteiger partial charge on any atom is 0.231 e. The first-order valence-corrected chi connectivity index (χ1v) is 8.20. The quantitative estimate of drug-likeness (QED) is 0.697. The Bertz CT molecular complexity index is 796. The van der Waals surface area contributed by atoms with Crippen LogP contribution in [-0.4, -0.2) is 16.1 Å². The number of halogens is 1. The standard InChI is InChI=1S/C19H18ClN3O/c1-2-18(14-3-7-16(20)8-4-14)19(24)23-17-9-5-13(6-10-17)15-11-21-22-12-15/h3-12,18H,2H2,1H3,(H,21,22)(H,23,24)/t18-/m1/s1. The van der Waals surface area contributed by atoms with E-state index in [0.717, 1.165) is 28.8 Å². The highest BCUT2D eigenvalue weighted by molar-refractivity contribution is 6.30. The Kier molecular flexibility index (Phi) is 4.96. The molecule has 0 spiro atoms. The van der Waals surface area contributed by atoms with E-state index in [9.17, 15) is 4.79 Å². The van der Waals surface area contributed by atoms with Gasteiger partial charge in [-0.1, -0.05) is 42.8 Å². The van der Waals surface area contributed by atoms with Crippen LogP contribution < -0.4 is 5.32 Å². The number of amides is 1. The number of hydrogen-bond acceptors (Lipinski definition) is 2. The fourth-order valence-electron chi connectivity index (χ4n) is 2.65. The maximum atomic E-state index is 12.6. The Morgan fingerprint density at radius 1 is 1.12 bits per heavy atom. The van der Waals surface area contributed by atoms with Gasteiger partial charge in [-0.05, 0) is 41.8 Å². The van der Waals surface area contributed by atoms with Crippen molar-refractivity contribution in [1.82, 2.24) is 10.2 Å². The average molecular weight is 340 g/mol. The lowest BCUT2D eigenvalue weighted by atomic mass is 9.95. The Morgan fingerprint density at radius 3 is 2.42 bits per heavy atom.